The Kier molecular flexibility index (Phi) is 4.30. The van der Waals surface area contributed by atoms with Crippen molar-refractivity contribution in [1.29, 1.82) is 0 Å². The molecule has 0 saturated heterocycles. The first kappa shape index (κ1) is 11.8. The van der Waals surface area contributed by atoms with Crippen molar-refractivity contribution in [2.45, 2.75) is 5.92 Å². The zero-order valence-electron chi connectivity index (χ0n) is 9.97. The predicted molar refractivity (Wildman–Crippen MR) is 69.7 cm³/mol. The number of benzene rings is 2. The quantitative estimate of drug-likeness (QED) is 0.793. The van der Waals surface area contributed by atoms with Crippen LogP contribution in [-0.4, -0.2) is 13.7 Å². The highest BCUT2D eigenvalue weighted by molar-refractivity contribution is 5.32. The molecule has 0 aliphatic rings. The van der Waals surface area contributed by atoms with E-state index >= 15 is 0 Å². The molecule has 17 heavy (non-hydrogen) atoms. The fourth-order valence-corrected chi connectivity index (χ4v) is 1.97. The van der Waals surface area contributed by atoms with Gasteiger partial charge in [0.2, 0.25) is 0 Å². The van der Waals surface area contributed by atoms with Gasteiger partial charge in [-0.25, -0.2) is 5.48 Å². The maximum atomic E-state index is 4.97. The Hall–Kier alpha value is -1.64. The zero-order chi connectivity index (χ0) is 11.9. The number of hydroxylamine groups is 1. The maximum absolute atomic E-state index is 4.97. The van der Waals surface area contributed by atoms with E-state index in [-0.39, 0.29) is 0 Å². The Morgan fingerprint density at radius 3 is 1.76 bits per heavy atom. The summed E-state index contributed by atoms with van der Waals surface area (Å²) in [6.45, 7) is 0.768. The molecule has 0 aromatic heterocycles. The first-order valence-corrected chi connectivity index (χ1v) is 5.77. The summed E-state index contributed by atoms with van der Waals surface area (Å²) in [7, 11) is 1.65. The molecule has 0 aliphatic heterocycles. The molecule has 0 fully saturated rings. The Labute approximate surface area is 102 Å². The minimum atomic E-state index is 0.317. The van der Waals surface area contributed by atoms with Crippen LogP contribution in [0.4, 0.5) is 0 Å². The van der Waals surface area contributed by atoms with E-state index in [0.29, 0.717) is 5.92 Å². The van der Waals surface area contributed by atoms with Crippen LogP contribution in [0.1, 0.15) is 17.0 Å². The van der Waals surface area contributed by atoms with Crippen LogP contribution >= 0.6 is 0 Å². The lowest BCUT2D eigenvalue weighted by Gasteiger charge is -2.17. The van der Waals surface area contributed by atoms with E-state index in [0.717, 1.165) is 6.54 Å². The second kappa shape index (κ2) is 6.18. The fraction of sp³-hybridized carbons (Fsp3) is 0.200. The average Bonchev–Trinajstić information content (AvgIpc) is 2.42. The molecular formula is C15H17NO. The van der Waals surface area contributed by atoms with Crippen molar-refractivity contribution < 1.29 is 4.84 Å². The van der Waals surface area contributed by atoms with Crippen molar-refractivity contribution in [1.82, 2.24) is 5.48 Å². The van der Waals surface area contributed by atoms with Crippen LogP contribution < -0.4 is 5.48 Å². The van der Waals surface area contributed by atoms with Gasteiger partial charge in [-0.3, -0.25) is 0 Å². The summed E-state index contributed by atoms with van der Waals surface area (Å²) in [6, 6.07) is 20.9. The summed E-state index contributed by atoms with van der Waals surface area (Å²) in [5.74, 6) is 0.317. The number of rotatable bonds is 5. The van der Waals surface area contributed by atoms with Crippen LogP contribution in [0.15, 0.2) is 60.7 Å². The topological polar surface area (TPSA) is 21.3 Å². The molecule has 0 unspecified atom stereocenters. The van der Waals surface area contributed by atoms with E-state index < -0.39 is 0 Å². The van der Waals surface area contributed by atoms with Gasteiger partial charge in [-0.15, -0.1) is 0 Å². The van der Waals surface area contributed by atoms with Crippen LogP contribution in [0.2, 0.25) is 0 Å². The molecule has 0 spiro atoms. The van der Waals surface area contributed by atoms with E-state index in [4.69, 9.17) is 4.84 Å². The van der Waals surface area contributed by atoms with Crippen LogP contribution in [-0.2, 0) is 4.84 Å². The highest BCUT2D eigenvalue weighted by atomic mass is 16.6. The van der Waals surface area contributed by atoms with Crippen LogP contribution in [0, 0.1) is 0 Å². The smallest absolute Gasteiger partial charge is 0.0572 e. The molecule has 0 amide bonds. The van der Waals surface area contributed by atoms with Crippen molar-refractivity contribution >= 4 is 0 Å². The van der Waals surface area contributed by atoms with E-state index in [1.165, 1.54) is 11.1 Å². The minimum Gasteiger partial charge on any atom is -0.305 e. The number of hydrogen-bond donors (Lipinski definition) is 1. The van der Waals surface area contributed by atoms with Gasteiger partial charge < -0.3 is 4.84 Å². The van der Waals surface area contributed by atoms with Gasteiger partial charge in [0.05, 0.1) is 7.11 Å². The van der Waals surface area contributed by atoms with Crippen LogP contribution in [0.3, 0.4) is 0 Å². The van der Waals surface area contributed by atoms with Gasteiger partial charge in [-0.2, -0.15) is 0 Å². The third-order valence-electron chi connectivity index (χ3n) is 2.84. The highest BCUT2D eigenvalue weighted by Gasteiger charge is 2.12. The molecule has 1 N–H and O–H groups in total. The van der Waals surface area contributed by atoms with Crippen molar-refractivity contribution in [3.63, 3.8) is 0 Å². The molecule has 0 bridgehead atoms. The monoisotopic (exact) mass is 227 g/mol. The highest BCUT2D eigenvalue weighted by Crippen LogP contribution is 2.23. The first-order chi connectivity index (χ1) is 8.42. The van der Waals surface area contributed by atoms with Crippen molar-refractivity contribution in [2.24, 2.45) is 0 Å². The number of hydrogen-bond acceptors (Lipinski definition) is 2. The van der Waals surface area contributed by atoms with Gasteiger partial charge in [0.25, 0.3) is 0 Å². The standard InChI is InChI=1S/C15H17NO/c1-17-16-12-15(13-8-4-2-5-9-13)14-10-6-3-7-11-14/h2-11,15-16H,12H2,1H3. The Balaban J connectivity index is 2.26. The zero-order valence-corrected chi connectivity index (χ0v) is 9.97. The van der Waals surface area contributed by atoms with Gasteiger partial charge in [0, 0.05) is 12.5 Å². The average molecular weight is 227 g/mol. The lowest BCUT2D eigenvalue weighted by atomic mass is 9.91. The fourth-order valence-electron chi connectivity index (χ4n) is 1.97. The van der Waals surface area contributed by atoms with Crippen molar-refractivity contribution in [3.05, 3.63) is 71.8 Å². The third-order valence-corrected chi connectivity index (χ3v) is 2.84. The Morgan fingerprint density at radius 2 is 1.35 bits per heavy atom. The van der Waals surface area contributed by atoms with Crippen LogP contribution in [0.25, 0.3) is 0 Å². The molecule has 2 rings (SSSR count). The molecule has 0 atom stereocenters. The van der Waals surface area contributed by atoms with E-state index in [1.54, 1.807) is 7.11 Å². The largest absolute Gasteiger partial charge is 0.305 e. The van der Waals surface area contributed by atoms with Crippen LogP contribution in [0.5, 0.6) is 0 Å². The normalized spacial score (nSPS) is 10.7. The summed E-state index contributed by atoms with van der Waals surface area (Å²) in [5, 5.41) is 0. The molecule has 2 nitrogen and oxygen atoms in total. The molecule has 0 aliphatic carbocycles. The van der Waals surface area contributed by atoms with Gasteiger partial charge in [-0.05, 0) is 11.1 Å². The van der Waals surface area contributed by atoms with Crippen molar-refractivity contribution in [3.8, 4) is 0 Å². The van der Waals surface area contributed by atoms with Crippen molar-refractivity contribution in [2.75, 3.05) is 13.7 Å². The summed E-state index contributed by atoms with van der Waals surface area (Å²) in [6.07, 6.45) is 0. The second-order valence-corrected chi connectivity index (χ2v) is 3.93. The Morgan fingerprint density at radius 1 is 0.882 bits per heavy atom. The molecule has 0 radical (unpaired) electrons. The molecule has 2 heteroatoms. The molecular weight excluding hydrogens is 210 g/mol. The Bertz CT molecular complexity index is 388. The molecule has 88 valence electrons. The molecule has 0 saturated carbocycles. The lowest BCUT2D eigenvalue weighted by molar-refractivity contribution is 0.0895. The first-order valence-electron chi connectivity index (χ1n) is 5.77. The summed E-state index contributed by atoms with van der Waals surface area (Å²) >= 11 is 0. The van der Waals surface area contributed by atoms with Gasteiger partial charge in [0.15, 0.2) is 0 Å². The lowest BCUT2D eigenvalue weighted by Crippen LogP contribution is -2.21. The van der Waals surface area contributed by atoms with Gasteiger partial charge in [-0.1, -0.05) is 60.7 Å². The SMILES string of the molecule is CONCC(c1ccccc1)c1ccccc1. The summed E-state index contributed by atoms with van der Waals surface area (Å²) in [5.41, 5.74) is 5.53. The molecule has 2 aromatic rings. The van der Waals surface area contributed by atoms with E-state index in [9.17, 15) is 0 Å². The maximum Gasteiger partial charge on any atom is 0.0572 e. The summed E-state index contributed by atoms with van der Waals surface area (Å²) in [4.78, 5) is 4.97. The second-order valence-electron chi connectivity index (χ2n) is 3.93. The van der Waals surface area contributed by atoms with E-state index in [1.807, 2.05) is 12.1 Å². The minimum absolute atomic E-state index is 0.317. The summed E-state index contributed by atoms with van der Waals surface area (Å²) < 4.78 is 0. The molecule has 0 heterocycles. The van der Waals surface area contributed by atoms with Gasteiger partial charge in [0.1, 0.15) is 0 Å². The number of nitrogens with one attached hydrogen (secondary N) is 1. The van der Waals surface area contributed by atoms with E-state index in [2.05, 4.69) is 54.0 Å². The molecule has 2 aromatic carbocycles. The van der Waals surface area contributed by atoms with Gasteiger partial charge >= 0.3 is 0 Å². The predicted octanol–water partition coefficient (Wildman–Crippen LogP) is 2.97. The third kappa shape index (κ3) is 3.16.